The predicted molar refractivity (Wildman–Crippen MR) is 146 cm³/mol. The summed E-state index contributed by atoms with van der Waals surface area (Å²) in [5.41, 5.74) is 7.74. The summed E-state index contributed by atoms with van der Waals surface area (Å²) in [6, 6.07) is 27.9. The Morgan fingerprint density at radius 2 is 1.29 bits per heavy atom. The van der Waals surface area contributed by atoms with Gasteiger partial charge >= 0.3 is 21.7 Å². The molecule has 0 unspecified atom stereocenters. The van der Waals surface area contributed by atoms with Crippen LogP contribution in [0.2, 0.25) is 0 Å². The van der Waals surface area contributed by atoms with Gasteiger partial charge in [-0.15, -0.1) is 0 Å². The Morgan fingerprint density at radius 3 is 2.00 bits per heavy atom. The SMILES string of the molecule is CCCC1(CCC)c2ccccc2-c2ccc(-c3c(O)ccc4ccccc34)cc21.[CH3-].[CH3-].[CH3-].[Ti+3]. The average molecular weight is 486 g/mol. The molecule has 0 bridgehead atoms. The van der Waals surface area contributed by atoms with Gasteiger partial charge < -0.3 is 27.4 Å². The summed E-state index contributed by atoms with van der Waals surface area (Å²) >= 11 is 0. The van der Waals surface area contributed by atoms with Gasteiger partial charge in [-0.1, -0.05) is 93.4 Å². The van der Waals surface area contributed by atoms with Crippen molar-refractivity contribution < 1.29 is 26.8 Å². The topological polar surface area (TPSA) is 20.2 Å². The van der Waals surface area contributed by atoms with Gasteiger partial charge in [-0.05, 0) is 63.6 Å². The number of benzene rings is 4. The number of hydrogen-bond acceptors (Lipinski definition) is 1. The molecule has 34 heavy (non-hydrogen) atoms. The van der Waals surface area contributed by atoms with E-state index in [1.165, 1.54) is 22.3 Å². The van der Waals surface area contributed by atoms with Gasteiger partial charge in [0.25, 0.3) is 0 Å². The molecule has 0 saturated carbocycles. The van der Waals surface area contributed by atoms with Gasteiger partial charge in [-0.3, -0.25) is 0 Å². The van der Waals surface area contributed by atoms with E-state index in [4.69, 9.17) is 0 Å². The van der Waals surface area contributed by atoms with E-state index < -0.39 is 0 Å². The molecule has 0 atom stereocenters. The second kappa shape index (κ2) is 11.9. The first kappa shape index (κ1) is 29.7. The molecule has 0 amide bonds. The predicted octanol–water partition coefficient (Wildman–Crippen LogP) is 9.43. The number of hydrogen-bond donors (Lipinski definition) is 1. The van der Waals surface area contributed by atoms with Crippen LogP contribution in [0.5, 0.6) is 5.75 Å². The smallest absolute Gasteiger partial charge is 0.507 e. The summed E-state index contributed by atoms with van der Waals surface area (Å²) in [5.74, 6) is 0.348. The summed E-state index contributed by atoms with van der Waals surface area (Å²) in [6.45, 7) is 4.58. The fourth-order valence-electron chi connectivity index (χ4n) is 5.69. The summed E-state index contributed by atoms with van der Waals surface area (Å²) in [7, 11) is 0. The Balaban J connectivity index is 0.00000144. The van der Waals surface area contributed by atoms with Crippen LogP contribution in [0, 0.1) is 22.3 Å². The standard InChI is InChI=1S/C29H28O.3CH3.Ti/c1-3-17-29(18-4-2)25-12-8-7-11-23(25)24-15-13-21(19-26(24)29)28-22-10-6-5-9-20(22)14-16-27(28)30;;;;/h5-16,19,30H,3-4,17-18H2,1-2H3;3*1H3;/q;3*-1;+3. The van der Waals surface area contributed by atoms with Crippen LogP contribution < -0.4 is 0 Å². The van der Waals surface area contributed by atoms with Crippen LogP contribution in [0.15, 0.2) is 78.9 Å². The van der Waals surface area contributed by atoms with Gasteiger partial charge in [0.2, 0.25) is 0 Å². The molecule has 2 heteroatoms. The Morgan fingerprint density at radius 1 is 0.676 bits per heavy atom. The molecule has 4 aromatic rings. The molecule has 0 spiro atoms. The van der Waals surface area contributed by atoms with E-state index in [9.17, 15) is 5.11 Å². The maximum atomic E-state index is 10.8. The summed E-state index contributed by atoms with van der Waals surface area (Å²) in [6.07, 6.45) is 4.60. The van der Waals surface area contributed by atoms with Crippen LogP contribution in [-0.4, -0.2) is 5.11 Å². The minimum absolute atomic E-state index is 0. The van der Waals surface area contributed by atoms with Crippen LogP contribution in [-0.2, 0) is 27.1 Å². The first-order valence-corrected chi connectivity index (χ1v) is 11.1. The molecular formula is C32H37OTi. The molecule has 0 fully saturated rings. The summed E-state index contributed by atoms with van der Waals surface area (Å²) < 4.78 is 0. The fraction of sp³-hybridized carbons (Fsp3) is 0.219. The van der Waals surface area contributed by atoms with Crippen molar-refractivity contribution in [1.29, 1.82) is 0 Å². The van der Waals surface area contributed by atoms with Gasteiger partial charge in [0.1, 0.15) is 5.75 Å². The average Bonchev–Trinajstić information content (AvgIpc) is 3.04. The maximum absolute atomic E-state index is 10.8. The molecular weight excluding hydrogens is 448 g/mol. The van der Waals surface area contributed by atoms with E-state index in [2.05, 4.69) is 74.5 Å². The van der Waals surface area contributed by atoms with Gasteiger partial charge in [0.15, 0.2) is 0 Å². The van der Waals surface area contributed by atoms with E-state index in [0.29, 0.717) is 5.75 Å². The molecule has 1 N–H and O–H groups in total. The van der Waals surface area contributed by atoms with Gasteiger partial charge in [-0.25, -0.2) is 0 Å². The Bertz CT molecular complexity index is 1230. The van der Waals surface area contributed by atoms with E-state index in [-0.39, 0.29) is 49.4 Å². The van der Waals surface area contributed by atoms with Gasteiger partial charge in [-0.2, -0.15) is 0 Å². The zero-order valence-corrected chi connectivity index (χ0v) is 22.8. The van der Waals surface area contributed by atoms with Crippen molar-refractivity contribution in [2.75, 3.05) is 0 Å². The van der Waals surface area contributed by atoms with Gasteiger partial charge in [0, 0.05) is 11.0 Å². The van der Waals surface area contributed by atoms with Crippen LogP contribution in [0.25, 0.3) is 33.0 Å². The third-order valence-electron chi connectivity index (χ3n) is 6.82. The second-order valence-corrected chi connectivity index (χ2v) is 8.57. The van der Waals surface area contributed by atoms with Crippen molar-refractivity contribution in [3.05, 3.63) is 112 Å². The monoisotopic (exact) mass is 485 g/mol. The minimum Gasteiger partial charge on any atom is -0.507 e. The summed E-state index contributed by atoms with van der Waals surface area (Å²) in [4.78, 5) is 0. The number of rotatable bonds is 5. The van der Waals surface area contributed by atoms with E-state index in [0.717, 1.165) is 47.6 Å². The van der Waals surface area contributed by atoms with Crippen LogP contribution in [0.1, 0.15) is 50.7 Å². The first-order chi connectivity index (χ1) is 14.7. The number of phenols is 1. The quantitative estimate of drug-likeness (QED) is 0.220. The summed E-state index contributed by atoms with van der Waals surface area (Å²) in [5, 5.41) is 13.1. The molecule has 1 aliphatic rings. The third kappa shape index (κ3) is 4.49. The molecule has 0 aliphatic heterocycles. The third-order valence-corrected chi connectivity index (χ3v) is 6.82. The molecule has 0 heterocycles. The molecule has 4 aromatic carbocycles. The molecule has 0 aromatic heterocycles. The van der Waals surface area contributed by atoms with Gasteiger partial charge in [0.05, 0.1) is 0 Å². The molecule has 1 radical (unpaired) electrons. The number of phenolic OH excluding ortho intramolecular Hbond substituents is 1. The normalized spacial score (nSPS) is 12.3. The molecule has 0 saturated heterocycles. The van der Waals surface area contributed by atoms with Crippen molar-refractivity contribution in [3.63, 3.8) is 0 Å². The first-order valence-electron chi connectivity index (χ1n) is 11.1. The number of aromatic hydroxyl groups is 1. The van der Waals surface area contributed by atoms with E-state index in [1.54, 1.807) is 0 Å². The molecule has 1 aliphatic carbocycles. The van der Waals surface area contributed by atoms with Crippen molar-refractivity contribution in [1.82, 2.24) is 0 Å². The molecule has 175 valence electrons. The Labute approximate surface area is 222 Å². The maximum Gasteiger partial charge on any atom is 3.00 e. The Hall–Kier alpha value is -2.35. The number of fused-ring (bicyclic) bond motifs is 4. The largest absolute Gasteiger partial charge is 3.00 e. The van der Waals surface area contributed by atoms with Crippen molar-refractivity contribution in [2.45, 2.75) is 44.9 Å². The van der Waals surface area contributed by atoms with E-state index in [1.807, 2.05) is 18.2 Å². The van der Waals surface area contributed by atoms with Crippen molar-refractivity contribution >= 4 is 10.8 Å². The fourth-order valence-corrected chi connectivity index (χ4v) is 5.69. The minimum atomic E-state index is 0. The zero-order valence-electron chi connectivity index (χ0n) is 21.3. The molecule has 1 nitrogen and oxygen atoms in total. The van der Waals surface area contributed by atoms with Crippen LogP contribution in [0.3, 0.4) is 0 Å². The van der Waals surface area contributed by atoms with Crippen molar-refractivity contribution in [2.24, 2.45) is 0 Å². The van der Waals surface area contributed by atoms with Crippen LogP contribution in [0.4, 0.5) is 0 Å². The van der Waals surface area contributed by atoms with Crippen molar-refractivity contribution in [3.8, 4) is 28.0 Å². The zero-order chi connectivity index (χ0) is 20.7. The molecule has 5 rings (SSSR count). The van der Waals surface area contributed by atoms with E-state index >= 15 is 0 Å². The Kier molecular flexibility index (Phi) is 10.4. The van der Waals surface area contributed by atoms with Crippen LogP contribution >= 0.6 is 0 Å². The second-order valence-electron chi connectivity index (χ2n) is 8.57.